The summed E-state index contributed by atoms with van der Waals surface area (Å²) in [7, 11) is 2.07. The molecule has 3 nitrogen and oxygen atoms in total. The summed E-state index contributed by atoms with van der Waals surface area (Å²) in [5.74, 6) is 0. The smallest absolute Gasteiger partial charge is 0.0547 e. The number of hydrogen-bond acceptors (Lipinski definition) is 3. The van der Waals surface area contributed by atoms with Gasteiger partial charge < -0.3 is 15.0 Å². The number of nitrogens with zero attached hydrogens (tertiary/aromatic N) is 1. The Morgan fingerprint density at radius 3 is 2.67 bits per heavy atom. The summed E-state index contributed by atoms with van der Waals surface area (Å²) in [5, 5.41) is 3.38. The summed E-state index contributed by atoms with van der Waals surface area (Å²) in [6.07, 6.45) is 8.59. The van der Waals surface area contributed by atoms with Crippen LogP contribution in [0.15, 0.2) is 0 Å². The van der Waals surface area contributed by atoms with Gasteiger partial charge in [-0.3, -0.25) is 0 Å². The lowest BCUT2D eigenvalue weighted by Gasteiger charge is -2.33. The van der Waals surface area contributed by atoms with Crippen LogP contribution in [0.1, 0.15) is 38.5 Å². The van der Waals surface area contributed by atoms with Gasteiger partial charge in [-0.2, -0.15) is 0 Å². The predicted octanol–water partition coefficient (Wildman–Crippen LogP) is 1.88. The topological polar surface area (TPSA) is 24.5 Å². The molecule has 0 bridgehead atoms. The van der Waals surface area contributed by atoms with Crippen LogP contribution >= 0.6 is 0 Å². The van der Waals surface area contributed by atoms with E-state index in [0.717, 1.165) is 19.8 Å². The maximum absolute atomic E-state index is 5.67. The molecule has 18 heavy (non-hydrogen) atoms. The Balaban J connectivity index is 1.59. The van der Waals surface area contributed by atoms with Crippen molar-refractivity contribution in [1.29, 1.82) is 0 Å². The van der Waals surface area contributed by atoms with Crippen LogP contribution in [0.5, 0.6) is 0 Å². The summed E-state index contributed by atoms with van der Waals surface area (Å²) in [6.45, 7) is 6.95. The van der Waals surface area contributed by atoms with Gasteiger partial charge in [0, 0.05) is 31.7 Å². The molecule has 3 aliphatic rings. The van der Waals surface area contributed by atoms with E-state index in [0.29, 0.717) is 10.8 Å². The van der Waals surface area contributed by atoms with Crippen molar-refractivity contribution in [2.45, 2.75) is 38.5 Å². The van der Waals surface area contributed by atoms with Crippen LogP contribution < -0.4 is 5.32 Å². The van der Waals surface area contributed by atoms with Crippen LogP contribution in [0.3, 0.4) is 0 Å². The second-order valence-corrected chi connectivity index (χ2v) is 7.00. The third-order valence-electron chi connectivity index (χ3n) is 5.48. The molecule has 1 spiro atoms. The lowest BCUT2D eigenvalue weighted by atomic mass is 9.85. The van der Waals surface area contributed by atoms with Gasteiger partial charge >= 0.3 is 0 Å². The molecule has 1 aliphatic carbocycles. The van der Waals surface area contributed by atoms with E-state index >= 15 is 0 Å². The Bertz CT molecular complexity index is 280. The summed E-state index contributed by atoms with van der Waals surface area (Å²) in [4.78, 5) is 2.73. The molecule has 2 aliphatic heterocycles. The third-order valence-corrected chi connectivity index (χ3v) is 5.48. The molecule has 1 atom stereocenters. The molecule has 1 N–H and O–H groups in total. The second-order valence-electron chi connectivity index (χ2n) is 7.00. The van der Waals surface area contributed by atoms with E-state index in [1.807, 2.05) is 0 Å². The normalized spacial score (nSPS) is 35.8. The van der Waals surface area contributed by atoms with Crippen molar-refractivity contribution in [3.63, 3.8) is 0 Å². The number of rotatable bonds is 4. The highest BCUT2D eigenvalue weighted by molar-refractivity contribution is 4.96. The van der Waals surface area contributed by atoms with E-state index in [1.165, 1.54) is 58.2 Å². The van der Waals surface area contributed by atoms with Gasteiger partial charge in [0.1, 0.15) is 0 Å². The van der Waals surface area contributed by atoms with Crippen LogP contribution in [0.25, 0.3) is 0 Å². The van der Waals surface area contributed by atoms with E-state index in [-0.39, 0.29) is 0 Å². The zero-order valence-electron chi connectivity index (χ0n) is 11.8. The quantitative estimate of drug-likeness (QED) is 0.827. The molecule has 0 aromatic carbocycles. The highest BCUT2D eigenvalue weighted by atomic mass is 16.5. The summed E-state index contributed by atoms with van der Waals surface area (Å²) in [5.41, 5.74) is 1.10. The molecule has 1 saturated carbocycles. The largest absolute Gasteiger partial charge is 0.381 e. The number of ether oxygens (including phenoxy) is 1. The van der Waals surface area contributed by atoms with Crippen LogP contribution in [0.4, 0.5) is 0 Å². The van der Waals surface area contributed by atoms with Gasteiger partial charge in [-0.05, 0) is 44.7 Å². The molecule has 104 valence electrons. The van der Waals surface area contributed by atoms with Gasteiger partial charge in [-0.25, -0.2) is 0 Å². The molecule has 0 aromatic rings. The average molecular weight is 252 g/mol. The molecule has 2 saturated heterocycles. The maximum Gasteiger partial charge on any atom is 0.0547 e. The van der Waals surface area contributed by atoms with Crippen molar-refractivity contribution in [2.24, 2.45) is 10.8 Å². The first-order valence-electron chi connectivity index (χ1n) is 7.71. The van der Waals surface area contributed by atoms with E-state index in [1.54, 1.807) is 0 Å². The van der Waals surface area contributed by atoms with Gasteiger partial charge in [-0.15, -0.1) is 0 Å². The van der Waals surface area contributed by atoms with Gasteiger partial charge in [-0.1, -0.05) is 12.8 Å². The van der Waals surface area contributed by atoms with E-state index in [2.05, 4.69) is 17.3 Å². The Labute approximate surface area is 111 Å². The molecule has 3 heteroatoms. The van der Waals surface area contributed by atoms with Crippen LogP contribution in [0, 0.1) is 10.8 Å². The molecule has 3 rings (SSSR count). The van der Waals surface area contributed by atoms with Gasteiger partial charge in [0.05, 0.1) is 6.61 Å². The molecule has 0 aromatic heterocycles. The van der Waals surface area contributed by atoms with Crippen LogP contribution in [-0.4, -0.2) is 51.3 Å². The average Bonchev–Trinajstić information content (AvgIpc) is 3.05. The lowest BCUT2D eigenvalue weighted by Crippen LogP contribution is -2.43. The molecule has 0 amide bonds. The molecule has 1 unspecified atom stereocenters. The maximum atomic E-state index is 5.67. The standard InChI is InChI=1S/C15H28N2O/c1-16-10-15(7-9-18-13-15)12-17-8-6-14(11-17)4-2-3-5-14/h16H,2-13H2,1H3. The van der Waals surface area contributed by atoms with E-state index < -0.39 is 0 Å². The molecule has 3 fully saturated rings. The van der Waals surface area contributed by atoms with Crippen LogP contribution in [0.2, 0.25) is 0 Å². The number of likely N-dealkylation sites (tertiary alicyclic amines) is 1. The van der Waals surface area contributed by atoms with Gasteiger partial charge in [0.15, 0.2) is 0 Å². The first-order valence-corrected chi connectivity index (χ1v) is 7.71. The first-order chi connectivity index (χ1) is 8.76. The zero-order valence-corrected chi connectivity index (χ0v) is 11.8. The predicted molar refractivity (Wildman–Crippen MR) is 73.8 cm³/mol. The van der Waals surface area contributed by atoms with Crippen molar-refractivity contribution >= 4 is 0 Å². The fourth-order valence-electron chi connectivity index (χ4n) is 4.51. The first kappa shape index (κ1) is 12.9. The van der Waals surface area contributed by atoms with Gasteiger partial charge in [0.25, 0.3) is 0 Å². The lowest BCUT2D eigenvalue weighted by molar-refractivity contribution is 0.114. The number of hydrogen-bond donors (Lipinski definition) is 1. The highest BCUT2D eigenvalue weighted by Crippen LogP contribution is 2.46. The Kier molecular flexibility index (Phi) is 3.65. The van der Waals surface area contributed by atoms with Crippen molar-refractivity contribution in [3.8, 4) is 0 Å². The summed E-state index contributed by atoms with van der Waals surface area (Å²) in [6, 6.07) is 0. The SMILES string of the molecule is CNCC1(CN2CCC3(CCCC3)C2)CCOC1. The van der Waals surface area contributed by atoms with Gasteiger partial charge in [0.2, 0.25) is 0 Å². The molecule has 0 radical (unpaired) electrons. The van der Waals surface area contributed by atoms with E-state index in [4.69, 9.17) is 4.74 Å². The van der Waals surface area contributed by atoms with Crippen molar-refractivity contribution in [3.05, 3.63) is 0 Å². The fraction of sp³-hybridized carbons (Fsp3) is 1.00. The Morgan fingerprint density at radius 1 is 1.17 bits per heavy atom. The minimum absolute atomic E-state index is 0.388. The number of nitrogens with one attached hydrogen (secondary N) is 1. The van der Waals surface area contributed by atoms with Crippen molar-refractivity contribution in [1.82, 2.24) is 10.2 Å². The summed E-state index contributed by atoms with van der Waals surface area (Å²) >= 11 is 0. The second kappa shape index (κ2) is 5.10. The Hall–Kier alpha value is -0.120. The molecule has 2 heterocycles. The zero-order chi connectivity index (χ0) is 12.5. The monoisotopic (exact) mass is 252 g/mol. The van der Waals surface area contributed by atoms with Crippen molar-refractivity contribution in [2.75, 3.05) is 46.4 Å². The van der Waals surface area contributed by atoms with Crippen molar-refractivity contribution < 1.29 is 4.74 Å². The Morgan fingerprint density at radius 2 is 2.00 bits per heavy atom. The van der Waals surface area contributed by atoms with Crippen LogP contribution in [-0.2, 0) is 4.74 Å². The minimum Gasteiger partial charge on any atom is -0.381 e. The highest BCUT2D eigenvalue weighted by Gasteiger charge is 2.43. The minimum atomic E-state index is 0.388. The van der Waals surface area contributed by atoms with E-state index in [9.17, 15) is 0 Å². The molecular formula is C15H28N2O. The fourth-order valence-corrected chi connectivity index (χ4v) is 4.51. The third kappa shape index (κ3) is 2.45. The molecular weight excluding hydrogens is 224 g/mol. The summed E-state index contributed by atoms with van der Waals surface area (Å²) < 4.78 is 5.67.